The summed E-state index contributed by atoms with van der Waals surface area (Å²) < 4.78 is 13.1. The molecule has 0 atom stereocenters. The van der Waals surface area contributed by atoms with Gasteiger partial charge in [-0.05, 0) is 35.4 Å². The maximum atomic E-state index is 13.3. The maximum absolute atomic E-state index is 13.3. The van der Waals surface area contributed by atoms with E-state index in [1.165, 1.54) is 11.8 Å². The fourth-order valence-corrected chi connectivity index (χ4v) is 4.58. The number of hydrogen-bond acceptors (Lipinski definition) is 6. The Morgan fingerprint density at radius 3 is 2.20 bits per heavy atom. The molecule has 35 heavy (non-hydrogen) atoms. The van der Waals surface area contributed by atoms with Crippen molar-refractivity contribution in [2.24, 2.45) is 0 Å². The Hall–Kier alpha value is -4.04. The molecular formula is C27H24N4O3S. The van der Waals surface area contributed by atoms with Gasteiger partial charge in [0.2, 0.25) is 11.7 Å². The number of furan rings is 2. The molecule has 0 spiro atoms. The third kappa shape index (κ3) is 5.73. The topological polar surface area (TPSA) is 77.3 Å². The second-order valence-corrected chi connectivity index (χ2v) is 8.90. The molecule has 0 saturated heterocycles. The van der Waals surface area contributed by atoms with Crippen LogP contribution in [0.4, 0.5) is 0 Å². The molecule has 0 aliphatic carbocycles. The maximum Gasteiger partial charge on any atom is 0.233 e. The van der Waals surface area contributed by atoms with Crippen molar-refractivity contribution in [3.8, 4) is 11.6 Å². The Morgan fingerprint density at radius 2 is 1.51 bits per heavy atom. The van der Waals surface area contributed by atoms with Crippen molar-refractivity contribution in [2.45, 2.75) is 24.8 Å². The van der Waals surface area contributed by atoms with E-state index in [9.17, 15) is 4.79 Å². The lowest BCUT2D eigenvalue weighted by Crippen LogP contribution is -2.31. The Kier molecular flexibility index (Phi) is 7.10. The van der Waals surface area contributed by atoms with E-state index in [4.69, 9.17) is 8.83 Å². The van der Waals surface area contributed by atoms with Crippen molar-refractivity contribution in [3.05, 3.63) is 114 Å². The van der Waals surface area contributed by atoms with Gasteiger partial charge in [-0.1, -0.05) is 72.4 Å². The predicted molar refractivity (Wildman–Crippen MR) is 133 cm³/mol. The van der Waals surface area contributed by atoms with Gasteiger partial charge < -0.3 is 13.7 Å². The van der Waals surface area contributed by atoms with Crippen LogP contribution in [0.5, 0.6) is 0 Å². The number of rotatable bonds is 10. The zero-order valence-electron chi connectivity index (χ0n) is 19.0. The molecule has 0 unspecified atom stereocenters. The van der Waals surface area contributed by atoms with E-state index in [1.807, 2.05) is 77.4 Å². The van der Waals surface area contributed by atoms with E-state index in [2.05, 4.69) is 22.3 Å². The molecule has 8 heteroatoms. The number of carbonyl (C=O) groups excluding carboxylic acids is 1. The van der Waals surface area contributed by atoms with E-state index in [0.29, 0.717) is 36.4 Å². The lowest BCUT2D eigenvalue weighted by molar-refractivity contribution is -0.129. The van der Waals surface area contributed by atoms with Crippen LogP contribution >= 0.6 is 11.8 Å². The largest absolute Gasteiger partial charge is 0.467 e. The van der Waals surface area contributed by atoms with Crippen LogP contribution in [0.25, 0.3) is 11.6 Å². The number of amides is 1. The SMILES string of the molecule is O=C(CSc1nnc(-c2ccco2)n1Cc1ccccc1)N(Cc1ccccc1)Cc1ccco1. The summed E-state index contributed by atoms with van der Waals surface area (Å²) in [5.41, 5.74) is 2.17. The molecule has 3 aromatic heterocycles. The zero-order chi connectivity index (χ0) is 23.9. The lowest BCUT2D eigenvalue weighted by Gasteiger charge is -2.22. The second-order valence-electron chi connectivity index (χ2n) is 7.96. The van der Waals surface area contributed by atoms with Gasteiger partial charge in [0.1, 0.15) is 5.76 Å². The summed E-state index contributed by atoms with van der Waals surface area (Å²) in [5.74, 6) is 2.22. The molecule has 0 aliphatic heterocycles. The Labute approximate surface area is 207 Å². The summed E-state index contributed by atoms with van der Waals surface area (Å²) in [4.78, 5) is 15.1. The fourth-order valence-electron chi connectivity index (χ4n) is 3.74. The van der Waals surface area contributed by atoms with Crippen LogP contribution in [-0.2, 0) is 24.4 Å². The van der Waals surface area contributed by atoms with Crippen LogP contribution in [0.3, 0.4) is 0 Å². The summed E-state index contributed by atoms with van der Waals surface area (Å²) in [7, 11) is 0. The van der Waals surface area contributed by atoms with Crippen molar-refractivity contribution < 1.29 is 13.6 Å². The van der Waals surface area contributed by atoms with Crippen LogP contribution < -0.4 is 0 Å². The molecule has 0 saturated carbocycles. The minimum atomic E-state index is -0.0101. The average molecular weight is 485 g/mol. The van der Waals surface area contributed by atoms with Crippen LogP contribution in [0, 0.1) is 0 Å². The Bertz CT molecular complexity index is 1330. The van der Waals surface area contributed by atoms with Gasteiger partial charge >= 0.3 is 0 Å². The van der Waals surface area contributed by atoms with Crippen molar-refractivity contribution in [1.29, 1.82) is 0 Å². The summed E-state index contributed by atoms with van der Waals surface area (Å²) >= 11 is 1.37. The zero-order valence-corrected chi connectivity index (χ0v) is 19.8. The summed E-state index contributed by atoms with van der Waals surface area (Å²) in [5, 5.41) is 9.41. The number of carbonyl (C=O) groups is 1. The molecule has 0 N–H and O–H groups in total. The van der Waals surface area contributed by atoms with E-state index in [-0.39, 0.29) is 11.7 Å². The number of aromatic nitrogens is 3. The van der Waals surface area contributed by atoms with E-state index < -0.39 is 0 Å². The number of benzene rings is 2. The molecule has 3 heterocycles. The molecule has 1 amide bonds. The molecule has 0 fully saturated rings. The van der Waals surface area contributed by atoms with Crippen molar-refractivity contribution in [1.82, 2.24) is 19.7 Å². The minimum absolute atomic E-state index is 0.0101. The van der Waals surface area contributed by atoms with Gasteiger partial charge in [0.25, 0.3) is 0 Å². The lowest BCUT2D eigenvalue weighted by atomic mass is 10.2. The first-order valence-electron chi connectivity index (χ1n) is 11.2. The van der Waals surface area contributed by atoms with Gasteiger partial charge in [-0.15, -0.1) is 10.2 Å². The van der Waals surface area contributed by atoms with Crippen LogP contribution in [0.1, 0.15) is 16.9 Å². The second kappa shape index (κ2) is 10.9. The van der Waals surface area contributed by atoms with Crippen molar-refractivity contribution in [3.63, 3.8) is 0 Å². The first-order valence-corrected chi connectivity index (χ1v) is 12.2. The highest BCUT2D eigenvalue weighted by Gasteiger charge is 2.21. The summed E-state index contributed by atoms with van der Waals surface area (Å²) in [6.45, 7) is 1.46. The standard InChI is InChI=1S/C27H24N4O3S/c32-25(30(19-23-13-7-15-33-23)17-21-9-3-1-4-10-21)20-35-27-29-28-26(24-14-8-16-34-24)31(27)18-22-11-5-2-6-12-22/h1-16H,17-20H2. The van der Waals surface area contributed by atoms with Crippen molar-refractivity contribution in [2.75, 3.05) is 5.75 Å². The van der Waals surface area contributed by atoms with Gasteiger partial charge in [-0.2, -0.15) is 0 Å². The Balaban J connectivity index is 1.35. The van der Waals surface area contributed by atoms with Crippen LogP contribution in [0.15, 0.2) is 111 Å². The fraction of sp³-hybridized carbons (Fsp3) is 0.148. The molecule has 0 radical (unpaired) electrons. The molecule has 0 bridgehead atoms. The minimum Gasteiger partial charge on any atom is -0.467 e. The summed E-state index contributed by atoms with van der Waals surface area (Å²) in [6.07, 6.45) is 3.24. The molecular weight excluding hydrogens is 460 g/mol. The van der Waals surface area contributed by atoms with Gasteiger partial charge in [0.05, 0.1) is 31.4 Å². The number of hydrogen-bond donors (Lipinski definition) is 0. The molecule has 5 rings (SSSR count). The highest BCUT2D eigenvalue weighted by atomic mass is 32.2. The van der Waals surface area contributed by atoms with Crippen LogP contribution in [0.2, 0.25) is 0 Å². The molecule has 2 aromatic carbocycles. The normalized spacial score (nSPS) is 11.0. The first-order chi connectivity index (χ1) is 17.3. The smallest absolute Gasteiger partial charge is 0.233 e. The first kappa shape index (κ1) is 22.7. The van der Waals surface area contributed by atoms with E-state index in [1.54, 1.807) is 17.4 Å². The number of nitrogens with zero attached hydrogens (tertiary/aromatic N) is 4. The highest BCUT2D eigenvalue weighted by Crippen LogP contribution is 2.26. The third-order valence-electron chi connectivity index (χ3n) is 5.46. The van der Waals surface area contributed by atoms with Gasteiger partial charge in [0.15, 0.2) is 10.9 Å². The monoisotopic (exact) mass is 484 g/mol. The van der Waals surface area contributed by atoms with Gasteiger partial charge in [0, 0.05) is 6.54 Å². The van der Waals surface area contributed by atoms with Crippen LogP contribution in [-0.4, -0.2) is 31.3 Å². The van der Waals surface area contributed by atoms with Gasteiger partial charge in [-0.25, -0.2) is 0 Å². The predicted octanol–water partition coefficient (Wildman–Crippen LogP) is 5.50. The molecule has 176 valence electrons. The average Bonchev–Trinajstić information content (AvgIpc) is 3.66. The Morgan fingerprint density at radius 1 is 0.800 bits per heavy atom. The van der Waals surface area contributed by atoms with Crippen molar-refractivity contribution >= 4 is 17.7 Å². The third-order valence-corrected chi connectivity index (χ3v) is 6.41. The molecule has 5 aromatic rings. The summed E-state index contributed by atoms with van der Waals surface area (Å²) in [6, 6.07) is 27.4. The molecule has 7 nitrogen and oxygen atoms in total. The quantitative estimate of drug-likeness (QED) is 0.244. The molecule has 0 aliphatic rings. The number of thioether (sulfide) groups is 1. The van der Waals surface area contributed by atoms with E-state index >= 15 is 0 Å². The van der Waals surface area contributed by atoms with E-state index in [0.717, 1.165) is 16.9 Å². The van der Waals surface area contributed by atoms with Gasteiger partial charge in [-0.3, -0.25) is 9.36 Å². The highest BCUT2D eigenvalue weighted by molar-refractivity contribution is 7.99.